The van der Waals surface area contributed by atoms with Gasteiger partial charge in [0.1, 0.15) is 12.6 Å². The molecule has 0 aliphatic carbocycles. The Balaban J connectivity index is 3.88. The molecular formula is C23H45NO5. The van der Waals surface area contributed by atoms with Gasteiger partial charge in [0.2, 0.25) is 5.91 Å². The van der Waals surface area contributed by atoms with Gasteiger partial charge in [0, 0.05) is 26.6 Å². The summed E-state index contributed by atoms with van der Waals surface area (Å²) in [5.74, 6) is -0.441. The maximum Gasteiger partial charge on any atom is 0.305 e. The zero-order valence-corrected chi connectivity index (χ0v) is 19.3. The Bertz CT molecular complexity index is 397. The van der Waals surface area contributed by atoms with E-state index in [1.165, 1.54) is 64.7 Å². The fourth-order valence-electron chi connectivity index (χ4n) is 3.25. The summed E-state index contributed by atoms with van der Waals surface area (Å²) in [5.41, 5.74) is 0. The molecule has 0 radical (unpaired) electrons. The number of ether oxygens (including phenoxy) is 3. The van der Waals surface area contributed by atoms with Crippen LogP contribution in [0.4, 0.5) is 0 Å². The first-order valence-corrected chi connectivity index (χ1v) is 11.7. The molecule has 0 aromatic rings. The number of unbranched alkanes of at least 4 members (excludes halogenated alkanes) is 10. The van der Waals surface area contributed by atoms with Gasteiger partial charge in [-0.3, -0.25) is 9.59 Å². The highest BCUT2D eigenvalue weighted by Crippen LogP contribution is 2.12. The zero-order chi connectivity index (χ0) is 21.7. The van der Waals surface area contributed by atoms with Crippen LogP contribution in [0, 0.1) is 0 Å². The Morgan fingerprint density at radius 3 is 1.69 bits per heavy atom. The van der Waals surface area contributed by atoms with E-state index in [9.17, 15) is 9.59 Å². The molecule has 1 atom stereocenters. The van der Waals surface area contributed by atoms with E-state index < -0.39 is 12.3 Å². The SMILES string of the molecule is CCCCCCCCCCCCCC(=O)OCC(NC(C)=O)C(OCC)OCC. The van der Waals surface area contributed by atoms with Crippen molar-refractivity contribution in [3.05, 3.63) is 0 Å². The van der Waals surface area contributed by atoms with E-state index in [1.54, 1.807) is 0 Å². The summed E-state index contributed by atoms with van der Waals surface area (Å²) in [4.78, 5) is 23.4. The topological polar surface area (TPSA) is 73.9 Å². The van der Waals surface area contributed by atoms with E-state index in [2.05, 4.69) is 12.2 Å². The molecule has 0 heterocycles. The summed E-state index contributed by atoms with van der Waals surface area (Å²) >= 11 is 0. The number of carbonyl (C=O) groups excluding carboxylic acids is 2. The number of carbonyl (C=O) groups is 2. The molecule has 0 aromatic carbocycles. The molecule has 0 saturated heterocycles. The van der Waals surface area contributed by atoms with Gasteiger partial charge in [-0.1, -0.05) is 71.1 Å². The second kappa shape index (κ2) is 20.1. The second-order valence-electron chi connectivity index (χ2n) is 7.55. The smallest absolute Gasteiger partial charge is 0.305 e. The predicted molar refractivity (Wildman–Crippen MR) is 117 cm³/mol. The van der Waals surface area contributed by atoms with Gasteiger partial charge in [-0.05, 0) is 20.3 Å². The molecule has 0 rings (SSSR count). The fourth-order valence-corrected chi connectivity index (χ4v) is 3.25. The molecule has 0 aliphatic heterocycles. The molecule has 0 fully saturated rings. The van der Waals surface area contributed by atoms with Crippen LogP contribution in [0.2, 0.25) is 0 Å². The van der Waals surface area contributed by atoms with Crippen molar-refractivity contribution < 1.29 is 23.8 Å². The Labute approximate surface area is 178 Å². The first kappa shape index (κ1) is 27.9. The Kier molecular flexibility index (Phi) is 19.4. The first-order valence-electron chi connectivity index (χ1n) is 11.7. The third-order valence-corrected chi connectivity index (χ3v) is 4.79. The van der Waals surface area contributed by atoms with Crippen molar-refractivity contribution in [3.63, 3.8) is 0 Å². The number of esters is 1. The molecule has 0 bridgehead atoms. The molecular weight excluding hydrogens is 370 g/mol. The van der Waals surface area contributed by atoms with Gasteiger partial charge >= 0.3 is 5.97 Å². The summed E-state index contributed by atoms with van der Waals surface area (Å²) < 4.78 is 16.4. The van der Waals surface area contributed by atoms with E-state index in [-0.39, 0.29) is 18.5 Å². The lowest BCUT2D eigenvalue weighted by Crippen LogP contribution is -2.48. The maximum absolute atomic E-state index is 12.0. The molecule has 6 nitrogen and oxygen atoms in total. The van der Waals surface area contributed by atoms with Crippen LogP contribution in [0.1, 0.15) is 105 Å². The van der Waals surface area contributed by atoms with Crippen molar-refractivity contribution in [3.8, 4) is 0 Å². The minimum absolute atomic E-state index is 0.0567. The Morgan fingerprint density at radius 2 is 1.24 bits per heavy atom. The van der Waals surface area contributed by atoms with Crippen LogP contribution in [0.5, 0.6) is 0 Å². The number of hydrogen-bond acceptors (Lipinski definition) is 5. The van der Waals surface area contributed by atoms with Gasteiger partial charge in [0.05, 0.1) is 0 Å². The second-order valence-corrected chi connectivity index (χ2v) is 7.55. The average Bonchev–Trinajstić information content (AvgIpc) is 2.69. The quantitative estimate of drug-likeness (QED) is 0.169. The lowest BCUT2D eigenvalue weighted by molar-refractivity contribution is -0.171. The van der Waals surface area contributed by atoms with E-state index in [0.717, 1.165) is 12.8 Å². The first-order chi connectivity index (χ1) is 14.0. The van der Waals surface area contributed by atoms with E-state index >= 15 is 0 Å². The van der Waals surface area contributed by atoms with Crippen molar-refractivity contribution in [2.75, 3.05) is 19.8 Å². The van der Waals surface area contributed by atoms with Gasteiger partial charge in [-0.25, -0.2) is 0 Å². The summed E-state index contributed by atoms with van der Waals surface area (Å²) in [5, 5.41) is 2.75. The normalized spacial score (nSPS) is 12.2. The third kappa shape index (κ3) is 17.4. The van der Waals surface area contributed by atoms with Crippen LogP contribution in [0.15, 0.2) is 0 Å². The van der Waals surface area contributed by atoms with Gasteiger partial charge in [0.25, 0.3) is 0 Å². The summed E-state index contributed by atoms with van der Waals surface area (Å²) in [6, 6.07) is -0.506. The zero-order valence-electron chi connectivity index (χ0n) is 19.3. The van der Waals surface area contributed by atoms with Gasteiger partial charge in [-0.15, -0.1) is 0 Å². The van der Waals surface area contributed by atoms with Crippen LogP contribution in [0.25, 0.3) is 0 Å². The number of rotatable bonds is 20. The van der Waals surface area contributed by atoms with Crippen LogP contribution in [-0.2, 0) is 23.8 Å². The summed E-state index contributed by atoms with van der Waals surface area (Å²) in [6.07, 6.45) is 13.5. The monoisotopic (exact) mass is 415 g/mol. The van der Waals surface area contributed by atoms with Crippen molar-refractivity contribution in [1.82, 2.24) is 5.32 Å². The number of hydrogen-bond donors (Lipinski definition) is 1. The molecule has 0 aromatic heterocycles. The minimum atomic E-state index is -0.622. The van der Waals surface area contributed by atoms with E-state index in [1.807, 2.05) is 13.8 Å². The molecule has 29 heavy (non-hydrogen) atoms. The Hall–Kier alpha value is -1.14. The highest BCUT2D eigenvalue weighted by Gasteiger charge is 2.25. The van der Waals surface area contributed by atoms with E-state index in [4.69, 9.17) is 14.2 Å². The van der Waals surface area contributed by atoms with Crippen LogP contribution in [-0.4, -0.2) is 44.0 Å². The lowest BCUT2D eigenvalue weighted by atomic mass is 10.1. The molecule has 0 aliphatic rings. The highest BCUT2D eigenvalue weighted by molar-refractivity contribution is 5.73. The minimum Gasteiger partial charge on any atom is -0.463 e. The molecule has 1 amide bonds. The molecule has 0 saturated carbocycles. The maximum atomic E-state index is 12.0. The molecule has 1 N–H and O–H groups in total. The van der Waals surface area contributed by atoms with Crippen molar-refractivity contribution in [2.45, 2.75) is 117 Å². The summed E-state index contributed by atoms with van der Waals surface area (Å²) in [6.45, 7) is 8.34. The van der Waals surface area contributed by atoms with Crippen LogP contribution < -0.4 is 5.32 Å². The largest absolute Gasteiger partial charge is 0.463 e. The number of amides is 1. The molecule has 0 spiro atoms. The van der Waals surface area contributed by atoms with E-state index in [0.29, 0.717) is 19.6 Å². The summed E-state index contributed by atoms with van der Waals surface area (Å²) in [7, 11) is 0. The number of nitrogens with one attached hydrogen (secondary N) is 1. The molecule has 1 unspecified atom stereocenters. The standard InChI is InChI=1S/C23H45NO5/c1-5-8-9-10-11-12-13-14-15-16-17-18-22(26)29-19-21(24-20(4)25)23(27-6-2)28-7-3/h21,23H,5-19H2,1-4H3,(H,24,25). The van der Waals surface area contributed by atoms with Crippen LogP contribution in [0.3, 0.4) is 0 Å². The van der Waals surface area contributed by atoms with Crippen molar-refractivity contribution in [1.29, 1.82) is 0 Å². The van der Waals surface area contributed by atoms with Crippen molar-refractivity contribution in [2.24, 2.45) is 0 Å². The van der Waals surface area contributed by atoms with Gasteiger partial charge in [-0.2, -0.15) is 0 Å². The van der Waals surface area contributed by atoms with Crippen LogP contribution >= 0.6 is 0 Å². The predicted octanol–water partition coefficient (Wildman–Crippen LogP) is 5.13. The van der Waals surface area contributed by atoms with Crippen molar-refractivity contribution >= 4 is 11.9 Å². The Morgan fingerprint density at radius 1 is 0.759 bits per heavy atom. The highest BCUT2D eigenvalue weighted by atomic mass is 16.7. The van der Waals surface area contributed by atoms with Gasteiger partial charge < -0.3 is 19.5 Å². The lowest BCUT2D eigenvalue weighted by Gasteiger charge is -2.26. The molecule has 172 valence electrons. The molecule has 6 heteroatoms. The third-order valence-electron chi connectivity index (χ3n) is 4.79. The van der Waals surface area contributed by atoms with Gasteiger partial charge in [0.15, 0.2) is 6.29 Å². The fraction of sp³-hybridized carbons (Fsp3) is 0.913. The average molecular weight is 416 g/mol.